The van der Waals surface area contributed by atoms with Crippen molar-refractivity contribution in [2.24, 2.45) is 0 Å². The summed E-state index contributed by atoms with van der Waals surface area (Å²) < 4.78 is 0. The van der Waals surface area contributed by atoms with Gasteiger partial charge >= 0.3 is 0 Å². The highest BCUT2D eigenvalue weighted by Gasteiger charge is 2.10. The van der Waals surface area contributed by atoms with Crippen LogP contribution in [0.4, 0.5) is 5.13 Å². The van der Waals surface area contributed by atoms with Crippen LogP contribution in [0.15, 0.2) is 30.5 Å². The number of nitrogens with one attached hydrogen (secondary N) is 1. The Morgan fingerprint density at radius 3 is 2.79 bits per heavy atom. The van der Waals surface area contributed by atoms with E-state index < -0.39 is 0 Å². The maximum Gasteiger partial charge on any atom is 0.230 e. The van der Waals surface area contributed by atoms with Crippen LogP contribution in [0.5, 0.6) is 0 Å². The highest BCUT2D eigenvalue weighted by atomic mass is 35.5. The molecule has 0 saturated heterocycles. The molecule has 1 N–H and O–H groups in total. The number of hydrogen-bond donors (Lipinski definition) is 1. The summed E-state index contributed by atoms with van der Waals surface area (Å²) in [7, 11) is 0. The largest absolute Gasteiger partial charge is 0.302 e. The van der Waals surface area contributed by atoms with Gasteiger partial charge in [0, 0.05) is 16.1 Å². The average molecular weight is 295 g/mol. The molecular weight excluding hydrogens is 280 g/mol. The number of hydrogen-bond acceptors (Lipinski definition) is 3. The summed E-state index contributed by atoms with van der Waals surface area (Å²) in [5.41, 5.74) is 0.822. The van der Waals surface area contributed by atoms with Gasteiger partial charge in [-0.25, -0.2) is 4.98 Å². The summed E-state index contributed by atoms with van der Waals surface area (Å²) in [4.78, 5) is 17.3. The van der Waals surface area contributed by atoms with Crippen LogP contribution in [-0.4, -0.2) is 10.9 Å². The molecule has 0 atom stereocenters. The molecule has 0 saturated carbocycles. The summed E-state index contributed by atoms with van der Waals surface area (Å²) in [5, 5.41) is 4.05. The molecule has 3 nitrogen and oxygen atoms in total. The van der Waals surface area contributed by atoms with Crippen LogP contribution in [0.2, 0.25) is 5.02 Å². The van der Waals surface area contributed by atoms with Gasteiger partial charge in [-0.2, -0.15) is 0 Å². The Morgan fingerprint density at radius 1 is 1.42 bits per heavy atom. The van der Waals surface area contributed by atoms with Crippen molar-refractivity contribution in [3.8, 4) is 0 Å². The van der Waals surface area contributed by atoms with Gasteiger partial charge in [-0.05, 0) is 17.5 Å². The smallest absolute Gasteiger partial charge is 0.230 e. The average Bonchev–Trinajstić information content (AvgIpc) is 2.80. The number of anilines is 1. The van der Waals surface area contributed by atoms with Crippen molar-refractivity contribution in [2.45, 2.75) is 26.2 Å². The number of nitrogens with zero attached hydrogens (tertiary/aromatic N) is 1. The normalized spacial score (nSPS) is 10.7. The van der Waals surface area contributed by atoms with E-state index in [1.165, 1.54) is 11.3 Å². The molecule has 2 aromatic rings. The van der Waals surface area contributed by atoms with Crippen molar-refractivity contribution in [3.63, 3.8) is 0 Å². The molecule has 0 radical (unpaired) electrons. The first-order valence-corrected chi connectivity index (χ1v) is 7.24. The van der Waals surface area contributed by atoms with Crippen LogP contribution in [0.1, 0.15) is 30.2 Å². The van der Waals surface area contributed by atoms with Gasteiger partial charge in [0.05, 0.1) is 6.42 Å². The molecule has 5 heteroatoms. The maximum atomic E-state index is 11.9. The van der Waals surface area contributed by atoms with Gasteiger partial charge in [0.1, 0.15) is 0 Å². The van der Waals surface area contributed by atoms with Gasteiger partial charge in [-0.15, -0.1) is 11.3 Å². The van der Waals surface area contributed by atoms with Crippen LogP contribution in [0.3, 0.4) is 0 Å². The number of benzene rings is 1. The molecule has 0 spiro atoms. The third-order valence-electron chi connectivity index (χ3n) is 2.65. The molecule has 1 heterocycles. The molecule has 0 bridgehead atoms. The van der Waals surface area contributed by atoms with Crippen molar-refractivity contribution in [1.82, 2.24) is 4.98 Å². The van der Waals surface area contributed by atoms with E-state index in [9.17, 15) is 4.79 Å². The second-order valence-corrected chi connectivity index (χ2v) is 6.01. The molecule has 0 aliphatic heterocycles. The van der Waals surface area contributed by atoms with Gasteiger partial charge in [0.15, 0.2) is 5.13 Å². The van der Waals surface area contributed by atoms with Crippen LogP contribution < -0.4 is 5.32 Å². The Morgan fingerprint density at radius 2 is 2.16 bits per heavy atom. The van der Waals surface area contributed by atoms with E-state index >= 15 is 0 Å². The quantitative estimate of drug-likeness (QED) is 0.922. The SMILES string of the molecule is CC(C)c1cnc(NC(=O)Cc2ccccc2Cl)s1. The zero-order chi connectivity index (χ0) is 13.8. The van der Waals surface area contributed by atoms with Gasteiger partial charge < -0.3 is 5.32 Å². The Kier molecular flexibility index (Phi) is 4.56. The third kappa shape index (κ3) is 3.78. The molecule has 0 aliphatic carbocycles. The maximum absolute atomic E-state index is 11.9. The highest BCUT2D eigenvalue weighted by molar-refractivity contribution is 7.15. The fourth-order valence-corrected chi connectivity index (χ4v) is 2.63. The summed E-state index contributed by atoms with van der Waals surface area (Å²) in [6, 6.07) is 7.35. The van der Waals surface area contributed by atoms with Crippen LogP contribution >= 0.6 is 22.9 Å². The van der Waals surface area contributed by atoms with E-state index in [1.54, 1.807) is 12.3 Å². The summed E-state index contributed by atoms with van der Waals surface area (Å²) >= 11 is 7.53. The van der Waals surface area contributed by atoms with Gasteiger partial charge in [-0.1, -0.05) is 43.6 Å². The van der Waals surface area contributed by atoms with E-state index in [0.717, 1.165) is 10.4 Å². The summed E-state index contributed by atoms with van der Waals surface area (Å²) in [6.07, 6.45) is 2.07. The predicted octanol–water partition coefficient (Wildman–Crippen LogP) is 4.10. The van der Waals surface area contributed by atoms with E-state index in [2.05, 4.69) is 24.1 Å². The van der Waals surface area contributed by atoms with Crippen molar-refractivity contribution in [3.05, 3.63) is 45.9 Å². The van der Waals surface area contributed by atoms with E-state index in [0.29, 0.717) is 16.1 Å². The van der Waals surface area contributed by atoms with Gasteiger partial charge in [-0.3, -0.25) is 4.79 Å². The second-order valence-electron chi connectivity index (χ2n) is 4.54. The molecule has 1 amide bonds. The highest BCUT2D eigenvalue weighted by Crippen LogP contribution is 2.25. The van der Waals surface area contributed by atoms with E-state index in [-0.39, 0.29) is 12.3 Å². The van der Waals surface area contributed by atoms with Crippen molar-refractivity contribution >= 4 is 34.0 Å². The van der Waals surface area contributed by atoms with Crippen molar-refractivity contribution in [1.29, 1.82) is 0 Å². The Balaban J connectivity index is 1.99. The van der Waals surface area contributed by atoms with Crippen LogP contribution in [-0.2, 0) is 11.2 Å². The lowest BCUT2D eigenvalue weighted by Crippen LogP contribution is -2.14. The minimum Gasteiger partial charge on any atom is -0.302 e. The molecule has 0 aliphatic rings. The van der Waals surface area contributed by atoms with Gasteiger partial charge in [0.25, 0.3) is 0 Å². The summed E-state index contributed by atoms with van der Waals surface area (Å²) in [6.45, 7) is 4.20. The minimum atomic E-state index is -0.0993. The molecule has 2 rings (SSSR count). The fourth-order valence-electron chi connectivity index (χ4n) is 1.59. The Labute approximate surface area is 121 Å². The third-order valence-corrected chi connectivity index (χ3v) is 4.23. The van der Waals surface area contributed by atoms with Gasteiger partial charge in [0.2, 0.25) is 5.91 Å². The van der Waals surface area contributed by atoms with Crippen molar-refractivity contribution in [2.75, 3.05) is 5.32 Å². The molecule has 1 aromatic carbocycles. The van der Waals surface area contributed by atoms with Crippen LogP contribution in [0, 0.1) is 0 Å². The number of carbonyl (C=O) groups is 1. The lowest BCUT2D eigenvalue weighted by atomic mass is 10.1. The van der Waals surface area contributed by atoms with E-state index in [4.69, 9.17) is 11.6 Å². The predicted molar refractivity (Wildman–Crippen MR) is 80.0 cm³/mol. The monoisotopic (exact) mass is 294 g/mol. The Bertz CT molecular complexity index is 580. The number of thiazole rings is 1. The molecular formula is C14H15ClN2OS. The van der Waals surface area contributed by atoms with Crippen LogP contribution in [0.25, 0.3) is 0 Å². The molecule has 0 unspecified atom stereocenters. The number of halogens is 1. The molecule has 100 valence electrons. The second kappa shape index (κ2) is 6.17. The van der Waals surface area contributed by atoms with E-state index in [1.807, 2.05) is 18.2 Å². The zero-order valence-corrected chi connectivity index (χ0v) is 12.4. The molecule has 19 heavy (non-hydrogen) atoms. The first-order chi connectivity index (χ1) is 9.06. The number of amides is 1. The number of carbonyl (C=O) groups excluding carboxylic acids is 1. The molecule has 1 aromatic heterocycles. The lowest BCUT2D eigenvalue weighted by Gasteiger charge is -2.04. The standard InChI is InChI=1S/C14H15ClN2OS/c1-9(2)12-8-16-14(19-12)17-13(18)7-10-5-3-4-6-11(10)15/h3-6,8-9H,7H2,1-2H3,(H,16,17,18). The zero-order valence-electron chi connectivity index (χ0n) is 10.8. The first-order valence-electron chi connectivity index (χ1n) is 6.05. The molecule has 0 fully saturated rings. The number of rotatable bonds is 4. The van der Waals surface area contributed by atoms with Crippen molar-refractivity contribution < 1.29 is 4.79 Å². The fraction of sp³-hybridized carbons (Fsp3) is 0.286. The number of aromatic nitrogens is 1. The topological polar surface area (TPSA) is 42.0 Å². The lowest BCUT2D eigenvalue weighted by molar-refractivity contribution is -0.115. The Hall–Kier alpha value is -1.39. The first kappa shape index (κ1) is 14.0. The minimum absolute atomic E-state index is 0.0993. The summed E-state index contributed by atoms with van der Waals surface area (Å²) in [5.74, 6) is 0.324.